The second-order valence-corrected chi connectivity index (χ2v) is 8.07. The van der Waals surface area contributed by atoms with Crippen LogP contribution in [0.1, 0.15) is 0 Å². The number of hydrogen-bond donors (Lipinski definition) is 3. The molecule has 11 heteroatoms. The molecule has 0 bridgehead atoms. The van der Waals surface area contributed by atoms with E-state index in [1.165, 1.54) is 0 Å². The molecule has 2 aromatic heterocycles. The van der Waals surface area contributed by atoms with Gasteiger partial charge in [0.25, 0.3) is 0 Å². The molecule has 2 heterocycles. The van der Waals surface area contributed by atoms with Crippen molar-refractivity contribution in [3.63, 3.8) is 0 Å². The number of nitrogens with zero attached hydrogens (tertiary/aromatic N) is 4. The molecule has 0 atom stereocenters. The van der Waals surface area contributed by atoms with E-state index < -0.39 is 10.0 Å². The molecule has 0 amide bonds. The molecule has 3 rings (SSSR count). The summed E-state index contributed by atoms with van der Waals surface area (Å²) in [6.45, 7) is 0. The van der Waals surface area contributed by atoms with Crippen LogP contribution in [0.15, 0.2) is 47.3 Å². The Kier molecular flexibility index (Phi) is 5.09. The van der Waals surface area contributed by atoms with Crippen molar-refractivity contribution in [3.05, 3.63) is 47.3 Å². The van der Waals surface area contributed by atoms with Gasteiger partial charge in [0, 0.05) is 19.4 Å². The minimum Gasteiger partial charge on any atom is -0.337 e. The summed E-state index contributed by atoms with van der Waals surface area (Å²) in [5, 5.41) is 10.2. The van der Waals surface area contributed by atoms with E-state index in [9.17, 15) is 8.42 Å². The lowest BCUT2D eigenvalue weighted by molar-refractivity contribution is 0.607. The number of rotatable bonds is 6. The standard InChI is InChI=1S/C15H16BrN7O2S/c1-23-9-10(7-18-23)19-15-17-8-11(16)14(21-15)20-12-5-3-4-6-13(12)22-26(2,24)25/h3-9,22H,1-2H3,(H2,17,19,20,21). The molecular formula is C15H16BrN7O2S. The quantitative estimate of drug-likeness (QED) is 0.542. The summed E-state index contributed by atoms with van der Waals surface area (Å²) in [6, 6.07) is 6.94. The highest BCUT2D eigenvalue weighted by Crippen LogP contribution is 2.29. The molecule has 0 unspecified atom stereocenters. The summed E-state index contributed by atoms with van der Waals surface area (Å²) in [4.78, 5) is 8.62. The average molecular weight is 438 g/mol. The third kappa shape index (κ3) is 4.70. The minimum atomic E-state index is -3.40. The van der Waals surface area contributed by atoms with Crippen LogP contribution in [0.25, 0.3) is 0 Å². The van der Waals surface area contributed by atoms with Crippen molar-refractivity contribution in [2.45, 2.75) is 0 Å². The Bertz CT molecular complexity index is 1040. The molecule has 0 aliphatic heterocycles. The van der Waals surface area contributed by atoms with Crippen molar-refractivity contribution in [1.82, 2.24) is 19.7 Å². The zero-order valence-corrected chi connectivity index (χ0v) is 16.3. The number of sulfonamides is 1. The van der Waals surface area contributed by atoms with E-state index in [4.69, 9.17) is 0 Å². The molecule has 3 aromatic rings. The van der Waals surface area contributed by atoms with E-state index >= 15 is 0 Å². The SMILES string of the molecule is Cn1cc(Nc2ncc(Br)c(Nc3ccccc3NS(C)(=O)=O)n2)cn1. The summed E-state index contributed by atoms with van der Waals surface area (Å²) in [6.07, 6.45) is 6.15. The fraction of sp³-hybridized carbons (Fsp3) is 0.133. The number of aryl methyl sites for hydroxylation is 1. The van der Waals surface area contributed by atoms with Gasteiger partial charge in [-0.1, -0.05) is 12.1 Å². The van der Waals surface area contributed by atoms with Gasteiger partial charge >= 0.3 is 0 Å². The predicted molar refractivity (Wildman–Crippen MR) is 104 cm³/mol. The molecule has 136 valence electrons. The number of benzene rings is 1. The monoisotopic (exact) mass is 437 g/mol. The maximum absolute atomic E-state index is 11.5. The highest BCUT2D eigenvalue weighted by atomic mass is 79.9. The Morgan fingerprint density at radius 2 is 1.85 bits per heavy atom. The fourth-order valence-electron chi connectivity index (χ4n) is 2.14. The van der Waals surface area contributed by atoms with Crippen LogP contribution in [0.5, 0.6) is 0 Å². The van der Waals surface area contributed by atoms with Gasteiger partial charge in [0.15, 0.2) is 0 Å². The minimum absolute atomic E-state index is 0.372. The largest absolute Gasteiger partial charge is 0.337 e. The smallest absolute Gasteiger partial charge is 0.229 e. The van der Waals surface area contributed by atoms with Crippen molar-refractivity contribution in [1.29, 1.82) is 0 Å². The molecular weight excluding hydrogens is 422 g/mol. The van der Waals surface area contributed by atoms with Gasteiger partial charge in [0.05, 0.1) is 34.0 Å². The molecule has 1 aromatic carbocycles. The second-order valence-electron chi connectivity index (χ2n) is 5.46. The molecule has 26 heavy (non-hydrogen) atoms. The van der Waals surface area contributed by atoms with E-state index in [0.29, 0.717) is 27.6 Å². The zero-order chi connectivity index (χ0) is 18.7. The Morgan fingerprint density at radius 1 is 1.12 bits per heavy atom. The first-order valence-corrected chi connectivity index (χ1v) is 10.1. The Hall–Kier alpha value is -2.66. The van der Waals surface area contributed by atoms with Crippen molar-refractivity contribution < 1.29 is 8.42 Å². The second kappa shape index (κ2) is 7.30. The van der Waals surface area contributed by atoms with Crippen LogP contribution in [0.3, 0.4) is 0 Å². The van der Waals surface area contributed by atoms with E-state index in [1.807, 2.05) is 7.05 Å². The molecule has 9 nitrogen and oxygen atoms in total. The molecule has 3 N–H and O–H groups in total. The van der Waals surface area contributed by atoms with E-state index in [1.54, 1.807) is 47.5 Å². The normalized spacial score (nSPS) is 11.2. The lowest BCUT2D eigenvalue weighted by Gasteiger charge is -2.13. The maximum Gasteiger partial charge on any atom is 0.229 e. The van der Waals surface area contributed by atoms with Crippen LogP contribution in [-0.2, 0) is 17.1 Å². The van der Waals surface area contributed by atoms with Gasteiger partial charge in [0.1, 0.15) is 5.82 Å². The highest BCUT2D eigenvalue weighted by Gasteiger charge is 2.11. The average Bonchev–Trinajstić information content (AvgIpc) is 2.96. The fourth-order valence-corrected chi connectivity index (χ4v) is 3.01. The lowest BCUT2D eigenvalue weighted by Crippen LogP contribution is -2.11. The van der Waals surface area contributed by atoms with E-state index in [-0.39, 0.29) is 0 Å². The van der Waals surface area contributed by atoms with Gasteiger partial charge in [0.2, 0.25) is 16.0 Å². The molecule has 0 saturated carbocycles. The van der Waals surface area contributed by atoms with Gasteiger partial charge in [-0.05, 0) is 28.1 Å². The van der Waals surface area contributed by atoms with Crippen molar-refractivity contribution >= 4 is 54.8 Å². The Balaban J connectivity index is 1.87. The number of para-hydroxylation sites is 2. The van der Waals surface area contributed by atoms with E-state index in [2.05, 4.69) is 46.4 Å². The molecule has 0 aliphatic rings. The molecule has 0 aliphatic carbocycles. The van der Waals surface area contributed by atoms with Gasteiger partial charge < -0.3 is 10.6 Å². The Morgan fingerprint density at radius 3 is 2.50 bits per heavy atom. The molecule has 0 spiro atoms. The van der Waals surface area contributed by atoms with Gasteiger partial charge in [-0.15, -0.1) is 0 Å². The van der Waals surface area contributed by atoms with Crippen LogP contribution in [0.4, 0.5) is 28.8 Å². The van der Waals surface area contributed by atoms with Crippen molar-refractivity contribution in [2.24, 2.45) is 7.05 Å². The van der Waals surface area contributed by atoms with Crippen LogP contribution in [-0.4, -0.2) is 34.4 Å². The summed E-state index contributed by atoms with van der Waals surface area (Å²) in [5.74, 6) is 0.853. The summed E-state index contributed by atoms with van der Waals surface area (Å²) in [7, 11) is -1.59. The van der Waals surface area contributed by atoms with Crippen LogP contribution in [0, 0.1) is 0 Å². The van der Waals surface area contributed by atoms with Gasteiger partial charge in [-0.2, -0.15) is 10.1 Å². The summed E-state index contributed by atoms with van der Waals surface area (Å²) >= 11 is 3.39. The number of anilines is 5. The maximum atomic E-state index is 11.5. The highest BCUT2D eigenvalue weighted by molar-refractivity contribution is 9.10. The first-order valence-electron chi connectivity index (χ1n) is 7.42. The molecule has 0 saturated heterocycles. The van der Waals surface area contributed by atoms with Crippen LogP contribution >= 0.6 is 15.9 Å². The van der Waals surface area contributed by atoms with Gasteiger partial charge in [-0.25, -0.2) is 13.4 Å². The van der Waals surface area contributed by atoms with Crippen molar-refractivity contribution in [3.8, 4) is 0 Å². The lowest BCUT2D eigenvalue weighted by atomic mass is 10.2. The topological polar surface area (TPSA) is 114 Å². The number of halogens is 1. The molecule has 0 fully saturated rings. The summed E-state index contributed by atoms with van der Waals surface area (Å²) < 4.78 is 27.8. The van der Waals surface area contributed by atoms with Crippen molar-refractivity contribution in [2.75, 3.05) is 21.6 Å². The van der Waals surface area contributed by atoms with Gasteiger partial charge in [-0.3, -0.25) is 9.40 Å². The van der Waals surface area contributed by atoms with Crippen LogP contribution < -0.4 is 15.4 Å². The third-order valence-corrected chi connectivity index (χ3v) is 4.35. The first-order chi connectivity index (χ1) is 12.3. The predicted octanol–water partition coefficient (Wildman–Crippen LogP) is 2.83. The molecule has 0 radical (unpaired) electrons. The number of aromatic nitrogens is 4. The number of hydrogen-bond acceptors (Lipinski definition) is 7. The summed E-state index contributed by atoms with van der Waals surface area (Å²) in [5.41, 5.74) is 1.73. The third-order valence-electron chi connectivity index (χ3n) is 3.18. The van der Waals surface area contributed by atoms with E-state index in [0.717, 1.165) is 11.9 Å². The zero-order valence-electron chi connectivity index (χ0n) is 13.9. The van der Waals surface area contributed by atoms with Crippen LogP contribution in [0.2, 0.25) is 0 Å². The Labute approximate surface area is 159 Å². The first kappa shape index (κ1) is 18.1. The number of nitrogens with one attached hydrogen (secondary N) is 3.